The third kappa shape index (κ3) is 7.58. The second kappa shape index (κ2) is 11.4. The van der Waals surface area contributed by atoms with E-state index in [1.807, 2.05) is 91.8 Å². The van der Waals surface area contributed by atoms with Crippen LogP contribution in [0, 0.1) is 43.5 Å². The van der Waals surface area contributed by atoms with E-state index in [2.05, 4.69) is 11.1 Å². The molecule has 0 fully saturated rings. The van der Waals surface area contributed by atoms with Crippen molar-refractivity contribution in [1.29, 1.82) is 0 Å². The number of carbonyl (C=O) groups is 1. The number of halogens is 1. The van der Waals surface area contributed by atoms with Crippen LogP contribution in [0.4, 0.5) is 4.39 Å². The molecule has 34 heavy (non-hydrogen) atoms. The number of hydrogen-bond acceptors (Lipinski definition) is 3. The molecule has 0 aliphatic heterocycles. The van der Waals surface area contributed by atoms with Gasteiger partial charge in [-0.1, -0.05) is 73.6 Å². The number of fused-ring (bicyclic) bond motifs is 1. The van der Waals surface area contributed by atoms with Gasteiger partial charge in [0.25, 0.3) is 0 Å². The van der Waals surface area contributed by atoms with E-state index in [0.717, 1.165) is 22.0 Å². The number of pyridine rings is 1. The first-order valence-electron chi connectivity index (χ1n) is 11.1. The largest absolute Gasteiger partial charge is 0.512 e. The maximum atomic E-state index is 14.6. The minimum atomic E-state index is -0.417. The molecule has 1 aromatic heterocycles. The zero-order chi connectivity index (χ0) is 25.1. The molecule has 0 bridgehead atoms. The molecule has 0 saturated heterocycles. The summed E-state index contributed by atoms with van der Waals surface area (Å²) in [7, 11) is 0. The van der Waals surface area contributed by atoms with Gasteiger partial charge in [-0.3, -0.25) is 9.78 Å². The monoisotopic (exact) mass is 641 g/mol. The van der Waals surface area contributed by atoms with E-state index < -0.39 is 5.41 Å². The van der Waals surface area contributed by atoms with Gasteiger partial charge < -0.3 is 5.11 Å². The molecule has 3 nitrogen and oxygen atoms in total. The van der Waals surface area contributed by atoms with Crippen LogP contribution in [0.15, 0.2) is 48.2 Å². The molecule has 3 rings (SSSR count). The number of hydrogen-bond donors (Lipinski definition) is 1. The molecule has 1 heterocycles. The van der Waals surface area contributed by atoms with Gasteiger partial charge in [0.1, 0.15) is 11.6 Å². The quantitative estimate of drug-likeness (QED) is 0.176. The summed E-state index contributed by atoms with van der Waals surface area (Å²) in [6.07, 6.45) is 1.33. The van der Waals surface area contributed by atoms with E-state index in [-0.39, 0.29) is 42.9 Å². The number of aliphatic hydroxyl groups excluding tert-OH is 1. The first kappa shape index (κ1) is 29.7. The number of aryl methyl sites for hydroxylation is 3. The van der Waals surface area contributed by atoms with Gasteiger partial charge in [-0.05, 0) is 18.6 Å². The first-order chi connectivity index (χ1) is 15.1. The number of allylic oxidation sites excluding steroid dienone is 2. The molecule has 1 radical (unpaired) electrons. The number of nitrogens with zero attached hydrogens (tertiary/aromatic N) is 1. The summed E-state index contributed by atoms with van der Waals surface area (Å²) in [6, 6.07) is 14.8. The average Bonchev–Trinajstić information content (AvgIpc) is 2.69. The van der Waals surface area contributed by atoms with Crippen LogP contribution in [0.2, 0.25) is 0 Å². The smallest absolute Gasteiger partial charge is 0.164 e. The Bertz CT molecular complexity index is 1180. The van der Waals surface area contributed by atoms with Gasteiger partial charge in [0.05, 0.1) is 5.52 Å². The second-order valence-electron chi connectivity index (χ2n) is 10.6. The Labute approximate surface area is 216 Å². The van der Waals surface area contributed by atoms with Crippen LogP contribution in [-0.2, 0) is 24.9 Å². The maximum absolute atomic E-state index is 14.6. The second-order valence-corrected chi connectivity index (χ2v) is 10.6. The minimum absolute atomic E-state index is 0. The number of aliphatic hydroxyl groups is 1. The topological polar surface area (TPSA) is 50.2 Å². The van der Waals surface area contributed by atoms with Crippen LogP contribution < -0.4 is 0 Å². The Morgan fingerprint density at radius 1 is 1.00 bits per heavy atom. The van der Waals surface area contributed by atoms with Crippen molar-refractivity contribution >= 4 is 16.7 Å². The Kier molecular flexibility index (Phi) is 9.93. The number of benzene rings is 2. The van der Waals surface area contributed by atoms with E-state index >= 15 is 0 Å². The van der Waals surface area contributed by atoms with Gasteiger partial charge in [0.2, 0.25) is 0 Å². The van der Waals surface area contributed by atoms with Gasteiger partial charge in [-0.15, -0.1) is 34.9 Å². The summed E-state index contributed by atoms with van der Waals surface area (Å²) in [5.74, 6) is -0.155. The van der Waals surface area contributed by atoms with Crippen molar-refractivity contribution in [3.63, 3.8) is 0 Å². The van der Waals surface area contributed by atoms with Crippen molar-refractivity contribution < 1.29 is 34.4 Å². The number of para-hydroxylation sites is 1. The average molecular weight is 641 g/mol. The van der Waals surface area contributed by atoms with Crippen molar-refractivity contribution in [3.8, 4) is 11.3 Å². The number of aromatic nitrogens is 1. The van der Waals surface area contributed by atoms with Crippen molar-refractivity contribution in [2.45, 2.75) is 62.3 Å². The summed E-state index contributed by atoms with van der Waals surface area (Å²) in [6.45, 7) is 16.9. The molecular weight excluding hydrogens is 606 g/mol. The molecule has 0 aliphatic carbocycles. The SMILES string of the molecule is CC(C)(C)C(=O)/C=C(\O)C(C)(C)C.Cc1[c-]c(-c2nc3ccccc3c(C)c2F)cc(C)c1.[Ir]. The van der Waals surface area contributed by atoms with E-state index in [4.69, 9.17) is 0 Å². The van der Waals surface area contributed by atoms with Crippen molar-refractivity contribution in [1.82, 2.24) is 4.98 Å². The predicted molar refractivity (Wildman–Crippen MR) is 135 cm³/mol. The maximum Gasteiger partial charge on any atom is 0.164 e. The molecule has 2 aromatic carbocycles. The zero-order valence-corrected chi connectivity index (χ0v) is 24.0. The fraction of sp³-hybridized carbons (Fsp3) is 0.379. The fourth-order valence-electron chi connectivity index (χ4n) is 3.11. The molecule has 0 aliphatic rings. The standard InChI is InChI=1S/C18H15FN.C11H20O2.Ir/c1-11-8-12(2)10-14(9-11)18-17(19)13(3)15-6-4-5-7-16(15)20-18;1-10(2,3)8(12)7-9(13)11(4,5)6;/h4-9H,1-3H3;7,12H,1-6H3;/q-1;;/b;8-7-;. The van der Waals surface area contributed by atoms with E-state index in [1.54, 1.807) is 6.92 Å². The summed E-state index contributed by atoms with van der Waals surface area (Å²) in [5.41, 5.74) is 3.87. The van der Waals surface area contributed by atoms with Crippen LogP contribution in [-0.4, -0.2) is 15.9 Å². The minimum Gasteiger partial charge on any atom is -0.512 e. The van der Waals surface area contributed by atoms with E-state index in [0.29, 0.717) is 16.8 Å². The van der Waals surface area contributed by atoms with Crippen molar-refractivity contribution in [2.75, 3.05) is 0 Å². The number of carbonyl (C=O) groups excluding carboxylic acids is 1. The molecule has 0 amide bonds. The Hall–Kier alpha value is -2.36. The van der Waals surface area contributed by atoms with Gasteiger partial charge in [-0.2, -0.15) is 0 Å². The summed E-state index contributed by atoms with van der Waals surface area (Å²) < 4.78 is 14.6. The van der Waals surface area contributed by atoms with Gasteiger partial charge in [-0.25, -0.2) is 4.39 Å². The van der Waals surface area contributed by atoms with E-state index in [9.17, 15) is 14.3 Å². The summed E-state index contributed by atoms with van der Waals surface area (Å²) in [5, 5.41) is 10.4. The van der Waals surface area contributed by atoms with Crippen molar-refractivity contribution in [2.24, 2.45) is 10.8 Å². The van der Waals surface area contributed by atoms with Crippen LogP contribution in [0.1, 0.15) is 58.2 Å². The van der Waals surface area contributed by atoms with Crippen LogP contribution in [0.5, 0.6) is 0 Å². The fourth-order valence-corrected chi connectivity index (χ4v) is 3.11. The number of rotatable bonds is 2. The Morgan fingerprint density at radius 2 is 1.59 bits per heavy atom. The zero-order valence-electron chi connectivity index (χ0n) is 21.6. The first-order valence-corrected chi connectivity index (χ1v) is 11.1. The van der Waals surface area contributed by atoms with Crippen LogP contribution >= 0.6 is 0 Å². The predicted octanol–water partition coefficient (Wildman–Crippen LogP) is 7.85. The molecule has 0 unspecified atom stereocenters. The molecule has 0 saturated carbocycles. The molecule has 185 valence electrons. The number of ketones is 1. The van der Waals surface area contributed by atoms with Gasteiger partial charge in [0.15, 0.2) is 5.78 Å². The summed E-state index contributed by atoms with van der Waals surface area (Å²) >= 11 is 0. The van der Waals surface area contributed by atoms with E-state index in [1.165, 1.54) is 6.08 Å². The van der Waals surface area contributed by atoms with Crippen LogP contribution in [0.3, 0.4) is 0 Å². The third-order valence-electron chi connectivity index (χ3n) is 5.26. The molecule has 5 heteroatoms. The molecule has 0 spiro atoms. The molecule has 0 atom stereocenters. The van der Waals surface area contributed by atoms with Gasteiger partial charge in [0, 0.05) is 48.1 Å². The van der Waals surface area contributed by atoms with Crippen molar-refractivity contribution in [3.05, 3.63) is 76.8 Å². The Balaban J connectivity index is 0.000000364. The normalized spacial score (nSPS) is 12.0. The summed E-state index contributed by atoms with van der Waals surface area (Å²) in [4.78, 5) is 16.0. The van der Waals surface area contributed by atoms with Crippen LogP contribution in [0.25, 0.3) is 22.2 Å². The molecule has 3 aromatic rings. The third-order valence-corrected chi connectivity index (χ3v) is 5.26. The Morgan fingerprint density at radius 3 is 2.12 bits per heavy atom. The molecular formula is C29H35FIrNO2-. The molecule has 1 N–H and O–H groups in total. The van der Waals surface area contributed by atoms with Gasteiger partial charge >= 0.3 is 0 Å².